The summed E-state index contributed by atoms with van der Waals surface area (Å²) in [5.41, 5.74) is 2.36. The van der Waals surface area contributed by atoms with Gasteiger partial charge in [0.1, 0.15) is 18.3 Å². The van der Waals surface area contributed by atoms with Gasteiger partial charge < -0.3 is 15.0 Å². The van der Waals surface area contributed by atoms with E-state index in [1.165, 1.54) is 24.1 Å². The van der Waals surface area contributed by atoms with Crippen LogP contribution in [0.1, 0.15) is 50.8 Å². The fraction of sp³-hybridized carbons (Fsp3) is 0.375. The lowest BCUT2D eigenvalue weighted by atomic mass is 10.0. The molecule has 3 aromatic carbocycles. The average molecular weight is 580 g/mol. The highest BCUT2D eigenvalue weighted by Gasteiger charge is 2.35. The molecule has 2 amide bonds. The van der Waals surface area contributed by atoms with E-state index in [0.29, 0.717) is 12.2 Å². The quantitative estimate of drug-likeness (QED) is 0.336. The smallest absolute Gasteiger partial charge is 0.264 e. The summed E-state index contributed by atoms with van der Waals surface area (Å²) >= 11 is 0. The molecule has 0 bridgehead atoms. The van der Waals surface area contributed by atoms with Crippen molar-refractivity contribution in [1.29, 1.82) is 0 Å². The Balaban J connectivity index is 2.14. The van der Waals surface area contributed by atoms with Crippen molar-refractivity contribution in [2.24, 2.45) is 0 Å². The Bertz CT molecular complexity index is 1470. The van der Waals surface area contributed by atoms with E-state index in [9.17, 15) is 18.0 Å². The minimum Gasteiger partial charge on any atom is -0.495 e. The highest BCUT2D eigenvalue weighted by molar-refractivity contribution is 7.92. The van der Waals surface area contributed by atoms with E-state index in [1.54, 1.807) is 30.3 Å². The van der Waals surface area contributed by atoms with Crippen LogP contribution in [0.2, 0.25) is 0 Å². The van der Waals surface area contributed by atoms with Gasteiger partial charge in [-0.05, 0) is 82.0 Å². The van der Waals surface area contributed by atoms with Gasteiger partial charge >= 0.3 is 0 Å². The van der Waals surface area contributed by atoms with Crippen LogP contribution < -0.4 is 14.4 Å². The summed E-state index contributed by atoms with van der Waals surface area (Å²) in [4.78, 5) is 29.3. The van der Waals surface area contributed by atoms with E-state index < -0.39 is 34.1 Å². The third-order valence-corrected chi connectivity index (χ3v) is 8.47. The molecule has 9 heteroatoms. The average Bonchev–Trinajstić information content (AvgIpc) is 2.92. The van der Waals surface area contributed by atoms with Crippen molar-refractivity contribution >= 4 is 27.5 Å². The number of ether oxygens (including phenoxy) is 1. The zero-order valence-corrected chi connectivity index (χ0v) is 25.8. The van der Waals surface area contributed by atoms with Gasteiger partial charge in [-0.25, -0.2) is 8.42 Å². The molecule has 8 nitrogen and oxygen atoms in total. The summed E-state index contributed by atoms with van der Waals surface area (Å²) in [5.74, 6) is -0.495. The summed E-state index contributed by atoms with van der Waals surface area (Å²) in [7, 11) is -2.73. The van der Waals surface area contributed by atoms with Crippen molar-refractivity contribution in [1.82, 2.24) is 10.2 Å². The number of aryl methyl sites for hydroxylation is 2. The van der Waals surface area contributed by atoms with Crippen LogP contribution in [0.15, 0.2) is 77.7 Å². The van der Waals surface area contributed by atoms with E-state index >= 15 is 0 Å². The number of carbonyl (C=O) groups excluding carboxylic acids is 2. The Labute approximate surface area is 244 Å². The van der Waals surface area contributed by atoms with Gasteiger partial charge in [-0.15, -0.1) is 0 Å². The van der Waals surface area contributed by atoms with E-state index in [2.05, 4.69) is 5.32 Å². The second kappa shape index (κ2) is 13.2. The first-order chi connectivity index (χ1) is 19.3. The van der Waals surface area contributed by atoms with Gasteiger partial charge in [0, 0.05) is 12.1 Å². The SMILES string of the molecule is CC[C@@H](C(=O)NC(C)(C)C)N(Cc1ccccc1C)C(=O)CN(c1cc(C)ccc1OC)S(=O)(=O)c1ccccc1. The molecule has 220 valence electrons. The molecular formula is C32H41N3O5S. The number of sulfonamides is 1. The highest BCUT2D eigenvalue weighted by Crippen LogP contribution is 2.34. The van der Waals surface area contributed by atoms with Crippen LogP contribution in [0.4, 0.5) is 5.69 Å². The monoisotopic (exact) mass is 579 g/mol. The second-order valence-electron chi connectivity index (χ2n) is 11.1. The molecule has 1 N–H and O–H groups in total. The third-order valence-electron chi connectivity index (χ3n) is 6.70. The number of amides is 2. The molecule has 0 unspecified atom stereocenters. The Hall–Kier alpha value is -3.85. The zero-order valence-electron chi connectivity index (χ0n) is 25.0. The molecule has 3 rings (SSSR count). The lowest BCUT2D eigenvalue weighted by Crippen LogP contribution is -2.55. The van der Waals surface area contributed by atoms with E-state index in [-0.39, 0.29) is 23.0 Å². The minimum atomic E-state index is -4.19. The number of nitrogens with one attached hydrogen (secondary N) is 1. The fourth-order valence-electron chi connectivity index (χ4n) is 4.57. The maximum atomic E-state index is 14.3. The minimum absolute atomic E-state index is 0.0410. The maximum absolute atomic E-state index is 14.3. The number of methoxy groups -OCH3 is 1. The summed E-state index contributed by atoms with van der Waals surface area (Å²) in [5, 5.41) is 2.99. The van der Waals surface area contributed by atoms with Crippen molar-refractivity contribution in [3.63, 3.8) is 0 Å². The number of hydrogen-bond donors (Lipinski definition) is 1. The van der Waals surface area contributed by atoms with E-state index in [1.807, 2.05) is 71.9 Å². The summed E-state index contributed by atoms with van der Waals surface area (Å²) in [6.07, 6.45) is 0.346. The number of benzene rings is 3. The normalized spacial score (nSPS) is 12.4. The largest absolute Gasteiger partial charge is 0.495 e. The van der Waals surface area contributed by atoms with E-state index in [4.69, 9.17) is 4.74 Å². The van der Waals surface area contributed by atoms with Crippen molar-refractivity contribution < 1.29 is 22.7 Å². The summed E-state index contributed by atoms with van der Waals surface area (Å²) in [6, 6.07) is 20.0. The van der Waals surface area contributed by atoms with Gasteiger partial charge in [0.25, 0.3) is 10.0 Å². The van der Waals surface area contributed by atoms with Crippen LogP contribution in [0.3, 0.4) is 0 Å². The Morgan fingerprint density at radius 3 is 2.17 bits per heavy atom. The predicted octanol–water partition coefficient (Wildman–Crippen LogP) is 5.23. The molecule has 0 radical (unpaired) electrons. The number of nitrogens with zero attached hydrogens (tertiary/aromatic N) is 2. The topological polar surface area (TPSA) is 96.0 Å². The molecule has 0 saturated carbocycles. The van der Waals surface area contributed by atoms with Crippen molar-refractivity contribution in [3.05, 3.63) is 89.5 Å². The third kappa shape index (κ3) is 7.88. The highest BCUT2D eigenvalue weighted by atomic mass is 32.2. The van der Waals surface area contributed by atoms with Crippen LogP contribution in [-0.2, 0) is 26.2 Å². The van der Waals surface area contributed by atoms with Crippen LogP contribution in [0.25, 0.3) is 0 Å². The zero-order chi connectivity index (χ0) is 30.4. The summed E-state index contributed by atoms with van der Waals surface area (Å²) < 4.78 is 34.7. The van der Waals surface area contributed by atoms with Crippen LogP contribution in [0.5, 0.6) is 5.75 Å². The molecule has 0 fully saturated rings. The Kier molecular flexibility index (Phi) is 10.2. The molecule has 41 heavy (non-hydrogen) atoms. The van der Waals surface area contributed by atoms with Crippen molar-refractivity contribution in [3.8, 4) is 5.75 Å². The fourth-order valence-corrected chi connectivity index (χ4v) is 6.01. The van der Waals surface area contributed by atoms with Gasteiger partial charge in [0.05, 0.1) is 17.7 Å². The molecule has 3 aromatic rings. The second-order valence-corrected chi connectivity index (χ2v) is 13.0. The molecule has 0 spiro atoms. The number of carbonyl (C=O) groups is 2. The number of hydrogen-bond acceptors (Lipinski definition) is 5. The molecule has 0 heterocycles. The molecule has 1 atom stereocenters. The van der Waals surface area contributed by atoms with E-state index in [0.717, 1.165) is 21.0 Å². The van der Waals surface area contributed by atoms with Crippen LogP contribution >= 0.6 is 0 Å². The maximum Gasteiger partial charge on any atom is 0.264 e. The van der Waals surface area contributed by atoms with Gasteiger partial charge in [-0.1, -0.05) is 55.5 Å². The Morgan fingerprint density at radius 2 is 1.59 bits per heavy atom. The van der Waals surface area contributed by atoms with Crippen LogP contribution in [0, 0.1) is 13.8 Å². The first kappa shape index (κ1) is 31.7. The molecular weight excluding hydrogens is 538 g/mol. The van der Waals surface area contributed by atoms with Crippen molar-refractivity contribution in [2.45, 2.75) is 71.0 Å². The van der Waals surface area contributed by atoms with Crippen molar-refractivity contribution in [2.75, 3.05) is 18.0 Å². The Morgan fingerprint density at radius 1 is 0.951 bits per heavy atom. The predicted molar refractivity (Wildman–Crippen MR) is 162 cm³/mol. The molecule has 0 aromatic heterocycles. The molecule has 0 aliphatic carbocycles. The molecule has 0 aliphatic heterocycles. The number of rotatable bonds is 11. The van der Waals surface area contributed by atoms with Gasteiger partial charge in [-0.2, -0.15) is 0 Å². The number of anilines is 1. The summed E-state index contributed by atoms with van der Waals surface area (Å²) in [6.45, 7) is 10.9. The first-order valence-electron chi connectivity index (χ1n) is 13.7. The van der Waals surface area contributed by atoms with Gasteiger partial charge in [0.15, 0.2) is 0 Å². The van der Waals surface area contributed by atoms with Crippen LogP contribution in [-0.4, -0.2) is 50.4 Å². The lowest BCUT2D eigenvalue weighted by molar-refractivity contribution is -0.141. The first-order valence-corrected chi connectivity index (χ1v) is 15.1. The standard InChI is InChI=1S/C32H41N3O5S/c1-8-27(31(37)33-32(4,5)6)34(21-25-15-13-12-14-24(25)3)30(36)22-35(28-20-23(2)18-19-29(28)40-7)41(38,39)26-16-10-9-11-17-26/h9-20,27H,8,21-22H2,1-7H3,(H,33,37)/t27-/m0/s1. The lowest BCUT2D eigenvalue weighted by Gasteiger charge is -2.35. The van der Waals surface area contributed by atoms with Gasteiger partial charge in [0.2, 0.25) is 11.8 Å². The molecule has 0 aliphatic rings. The molecule has 0 saturated heterocycles. The van der Waals surface area contributed by atoms with Gasteiger partial charge in [-0.3, -0.25) is 13.9 Å².